The molecule has 0 aliphatic carbocycles. The van der Waals surface area contributed by atoms with Crippen LogP contribution < -0.4 is 10.1 Å². The molecule has 0 saturated carbocycles. The van der Waals surface area contributed by atoms with Gasteiger partial charge in [-0.05, 0) is 12.6 Å². The Hall–Kier alpha value is -1.10. The van der Waals surface area contributed by atoms with Gasteiger partial charge in [0.05, 0.1) is 20.3 Å². The van der Waals surface area contributed by atoms with E-state index in [1.165, 1.54) is 0 Å². The third-order valence-electron chi connectivity index (χ3n) is 3.08. The topological polar surface area (TPSA) is 39.7 Å². The van der Waals surface area contributed by atoms with Gasteiger partial charge in [0.1, 0.15) is 5.75 Å². The number of ether oxygens (including phenoxy) is 3. The molecule has 2 rings (SSSR count). The van der Waals surface area contributed by atoms with Gasteiger partial charge in [-0.2, -0.15) is 0 Å². The van der Waals surface area contributed by atoms with E-state index in [1.54, 1.807) is 7.11 Å². The highest BCUT2D eigenvalue weighted by Crippen LogP contribution is 2.29. The fraction of sp³-hybridized carbons (Fsp3) is 0.571. The summed E-state index contributed by atoms with van der Waals surface area (Å²) in [7, 11) is 1.70. The maximum absolute atomic E-state index is 5.52. The van der Waals surface area contributed by atoms with Gasteiger partial charge in [0, 0.05) is 18.0 Å². The van der Waals surface area contributed by atoms with Crippen molar-refractivity contribution >= 4 is 0 Å². The molecular weight excluding hydrogens is 230 g/mol. The smallest absolute Gasteiger partial charge is 0.159 e. The van der Waals surface area contributed by atoms with Crippen LogP contribution in [0.2, 0.25) is 0 Å². The van der Waals surface area contributed by atoms with Crippen LogP contribution in [0.15, 0.2) is 24.3 Å². The lowest BCUT2D eigenvalue weighted by Crippen LogP contribution is -2.26. The Kier molecular flexibility index (Phi) is 4.99. The number of methoxy groups -OCH3 is 1. The molecule has 1 unspecified atom stereocenters. The van der Waals surface area contributed by atoms with Crippen molar-refractivity contribution in [2.75, 3.05) is 26.9 Å². The van der Waals surface area contributed by atoms with Gasteiger partial charge < -0.3 is 19.5 Å². The quantitative estimate of drug-likeness (QED) is 0.840. The van der Waals surface area contributed by atoms with Crippen molar-refractivity contribution in [2.45, 2.75) is 25.7 Å². The first-order valence-corrected chi connectivity index (χ1v) is 6.44. The predicted octanol–water partition coefficient (Wildman–Crippen LogP) is 2.11. The second kappa shape index (κ2) is 6.73. The van der Waals surface area contributed by atoms with Crippen molar-refractivity contribution < 1.29 is 14.2 Å². The number of para-hydroxylation sites is 1. The molecule has 0 radical (unpaired) electrons. The predicted molar refractivity (Wildman–Crippen MR) is 69.7 cm³/mol. The molecule has 1 aliphatic heterocycles. The minimum absolute atomic E-state index is 0.112. The summed E-state index contributed by atoms with van der Waals surface area (Å²) in [4.78, 5) is 0. The first-order chi connectivity index (χ1) is 8.85. The van der Waals surface area contributed by atoms with E-state index in [4.69, 9.17) is 14.2 Å². The molecule has 1 aromatic carbocycles. The number of nitrogens with one attached hydrogen (secondary N) is 1. The van der Waals surface area contributed by atoms with Gasteiger partial charge in [0.25, 0.3) is 0 Å². The minimum Gasteiger partial charge on any atom is -0.496 e. The average Bonchev–Trinajstić information content (AvgIpc) is 2.91. The Bertz CT molecular complexity index is 364. The van der Waals surface area contributed by atoms with E-state index in [0.717, 1.165) is 24.3 Å². The molecule has 1 saturated heterocycles. The minimum atomic E-state index is -0.112. The largest absolute Gasteiger partial charge is 0.496 e. The zero-order chi connectivity index (χ0) is 12.8. The fourth-order valence-electron chi connectivity index (χ4n) is 2.26. The van der Waals surface area contributed by atoms with E-state index in [0.29, 0.717) is 13.2 Å². The molecule has 1 atom stereocenters. The van der Waals surface area contributed by atoms with Crippen LogP contribution >= 0.6 is 0 Å². The van der Waals surface area contributed by atoms with Crippen LogP contribution in [0.3, 0.4) is 0 Å². The van der Waals surface area contributed by atoms with E-state index in [-0.39, 0.29) is 12.3 Å². The van der Waals surface area contributed by atoms with Crippen LogP contribution in [-0.4, -0.2) is 33.2 Å². The molecule has 1 aliphatic rings. The van der Waals surface area contributed by atoms with E-state index in [2.05, 4.69) is 18.3 Å². The highest BCUT2D eigenvalue weighted by Gasteiger charge is 2.23. The van der Waals surface area contributed by atoms with Gasteiger partial charge >= 0.3 is 0 Å². The molecule has 1 aromatic rings. The van der Waals surface area contributed by atoms with Crippen LogP contribution in [0.4, 0.5) is 0 Å². The highest BCUT2D eigenvalue weighted by molar-refractivity contribution is 5.35. The molecule has 0 spiro atoms. The van der Waals surface area contributed by atoms with Gasteiger partial charge in [-0.15, -0.1) is 0 Å². The Morgan fingerprint density at radius 2 is 2.06 bits per heavy atom. The molecule has 4 heteroatoms. The fourth-order valence-corrected chi connectivity index (χ4v) is 2.26. The van der Waals surface area contributed by atoms with Crippen LogP contribution in [0, 0.1) is 0 Å². The molecule has 100 valence electrons. The van der Waals surface area contributed by atoms with Gasteiger partial charge in [0.2, 0.25) is 0 Å². The average molecular weight is 251 g/mol. The van der Waals surface area contributed by atoms with Crippen LogP contribution in [0.1, 0.15) is 24.9 Å². The van der Waals surface area contributed by atoms with Crippen molar-refractivity contribution in [1.29, 1.82) is 0 Å². The van der Waals surface area contributed by atoms with E-state index in [9.17, 15) is 0 Å². The van der Waals surface area contributed by atoms with Crippen molar-refractivity contribution in [3.05, 3.63) is 29.8 Å². The summed E-state index contributed by atoms with van der Waals surface area (Å²) < 4.78 is 16.5. The third kappa shape index (κ3) is 3.22. The molecule has 1 N–H and O–H groups in total. The molecule has 0 amide bonds. The van der Waals surface area contributed by atoms with Gasteiger partial charge in [0.15, 0.2) is 6.29 Å². The summed E-state index contributed by atoms with van der Waals surface area (Å²) in [6.07, 6.45) is 0.688. The molecule has 1 fully saturated rings. The van der Waals surface area contributed by atoms with Crippen LogP contribution in [0.5, 0.6) is 5.75 Å². The summed E-state index contributed by atoms with van der Waals surface area (Å²) in [5, 5.41) is 3.46. The van der Waals surface area contributed by atoms with Crippen molar-refractivity contribution in [3.8, 4) is 5.75 Å². The Morgan fingerprint density at radius 3 is 2.72 bits per heavy atom. The molecule has 0 aromatic heterocycles. The van der Waals surface area contributed by atoms with E-state index < -0.39 is 0 Å². The van der Waals surface area contributed by atoms with Crippen LogP contribution in [0.25, 0.3) is 0 Å². The lowest BCUT2D eigenvalue weighted by Gasteiger charge is -2.22. The van der Waals surface area contributed by atoms with E-state index >= 15 is 0 Å². The summed E-state index contributed by atoms with van der Waals surface area (Å²) in [6, 6.07) is 8.26. The number of hydrogen-bond donors (Lipinski definition) is 1. The van der Waals surface area contributed by atoms with Crippen LogP contribution in [-0.2, 0) is 9.47 Å². The summed E-state index contributed by atoms with van der Waals surface area (Å²) in [6.45, 7) is 4.37. The molecule has 0 bridgehead atoms. The first kappa shape index (κ1) is 13.3. The lowest BCUT2D eigenvalue weighted by atomic mass is 10.0. The van der Waals surface area contributed by atoms with Gasteiger partial charge in [-0.3, -0.25) is 0 Å². The molecule has 1 heterocycles. The summed E-state index contributed by atoms with van der Waals surface area (Å²) in [5.74, 6) is 0.904. The third-order valence-corrected chi connectivity index (χ3v) is 3.08. The van der Waals surface area contributed by atoms with Crippen molar-refractivity contribution in [2.24, 2.45) is 0 Å². The molecular formula is C14H21NO3. The zero-order valence-corrected chi connectivity index (χ0v) is 11.0. The highest BCUT2D eigenvalue weighted by atomic mass is 16.7. The number of rotatable bonds is 6. The molecule has 4 nitrogen and oxygen atoms in total. The SMILES string of the molecule is CCNC(CC1OCCO1)c1ccccc1OC. The second-order valence-corrected chi connectivity index (χ2v) is 4.26. The lowest BCUT2D eigenvalue weighted by molar-refractivity contribution is -0.0530. The summed E-state index contributed by atoms with van der Waals surface area (Å²) in [5.41, 5.74) is 1.15. The maximum Gasteiger partial charge on any atom is 0.159 e. The Morgan fingerprint density at radius 1 is 1.33 bits per heavy atom. The standard InChI is InChI=1S/C14H21NO3/c1-3-15-12(10-14-17-8-9-18-14)11-6-4-5-7-13(11)16-2/h4-7,12,14-15H,3,8-10H2,1-2H3. The van der Waals surface area contributed by atoms with Crippen molar-refractivity contribution in [1.82, 2.24) is 5.32 Å². The monoisotopic (exact) mass is 251 g/mol. The Labute approximate surface area is 108 Å². The van der Waals surface area contributed by atoms with E-state index in [1.807, 2.05) is 18.2 Å². The normalized spacial score (nSPS) is 17.9. The van der Waals surface area contributed by atoms with Gasteiger partial charge in [-0.25, -0.2) is 0 Å². The number of hydrogen-bond acceptors (Lipinski definition) is 4. The summed E-state index contributed by atoms with van der Waals surface area (Å²) >= 11 is 0. The van der Waals surface area contributed by atoms with Gasteiger partial charge in [-0.1, -0.05) is 25.1 Å². The first-order valence-electron chi connectivity index (χ1n) is 6.44. The molecule has 18 heavy (non-hydrogen) atoms. The second-order valence-electron chi connectivity index (χ2n) is 4.26. The Balaban J connectivity index is 2.11. The number of benzene rings is 1. The van der Waals surface area contributed by atoms with Crippen molar-refractivity contribution in [3.63, 3.8) is 0 Å². The maximum atomic E-state index is 5.52. The zero-order valence-electron chi connectivity index (χ0n) is 11.0.